The maximum atomic E-state index is 12.7. The van der Waals surface area contributed by atoms with Gasteiger partial charge in [0, 0.05) is 30.2 Å². The summed E-state index contributed by atoms with van der Waals surface area (Å²) < 4.78 is 0. The first-order valence-electron chi connectivity index (χ1n) is 8.13. The molecule has 3 nitrogen and oxygen atoms in total. The molecule has 0 bridgehead atoms. The van der Waals surface area contributed by atoms with Gasteiger partial charge in [0.2, 0.25) is 5.91 Å². The van der Waals surface area contributed by atoms with E-state index in [1.807, 2.05) is 30.9 Å². The number of Topliss-reactive ketones (excluding diaryl/α,β-unsaturated/α-hetero) is 1. The fourth-order valence-electron chi connectivity index (χ4n) is 3.16. The van der Waals surface area contributed by atoms with Gasteiger partial charge in [-0.15, -0.1) is 13.2 Å². The van der Waals surface area contributed by atoms with Crippen molar-refractivity contribution in [3.8, 4) is 0 Å². The van der Waals surface area contributed by atoms with Crippen LogP contribution >= 0.6 is 0 Å². The van der Waals surface area contributed by atoms with Crippen LogP contribution in [-0.4, -0.2) is 52.7 Å². The molecule has 1 heterocycles. The van der Waals surface area contributed by atoms with E-state index in [2.05, 4.69) is 13.2 Å². The minimum atomic E-state index is -0.176. The Labute approximate surface area is 167 Å². The first-order valence-corrected chi connectivity index (χ1v) is 8.13. The summed E-state index contributed by atoms with van der Waals surface area (Å²) in [5.74, 6) is 0.104. The molecule has 1 atom stereocenters. The molecule has 1 amide bonds. The zero-order valence-electron chi connectivity index (χ0n) is 14.1. The van der Waals surface area contributed by atoms with Crippen molar-refractivity contribution in [1.82, 2.24) is 4.90 Å². The normalized spacial score (nSPS) is 20.0. The second kappa shape index (κ2) is 9.36. The Hall–Kier alpha value is -1.16. The van der Waals surface area contributed by atoms with Crippen molar-refractivity contribution in [2.45, 2.75) is 39.5 Å². The van der Waals surface area contributed by atoms with Gasteiger partial charge in [-0.1, -0.05) is 23.8 Å². The van der Waals surface area contributed by atoms with Crippen molar-refractivity contribution in [3.63, 3.8) is 0 Å². The number of rotatable bonds is 6. The Morgan fingerprint density at radius 1 is 1.25 bits per heavy atom. The SMILES string of the molecule is C=CCC1=CC2=C(CCC(=O)N2CC=C(C)C)C(CC=C)C1=O.[NaH]. The van der Waals surface area contributed by atoms with E-state index in [9.17, 15) is 9.59 Å². The van der Waals surface area contributed by atoms with Gasteiger partial charge in [0.15, 0.2) is 5.78 Å². The van der Waals surface area contributed by atoms with Gasteiger partial charge in [0.25, 0.3) is 0 Å². The average Bonchev–Trinajstić information content (AvgIpc) is 2.50. The molecule has 0 aromatic carbocycles. The number of ketones is 1. The van der Waals surface area contributed by atoms with Crippen LogP contribution in [0, 0.1) is 5.92 Å². The summed E-state index contributed by atoms with van der Waals surface area (Å²) in [6, 6.07) is 0. The molecule has 0 saturated heterocycles. The number of hydrogen-bond acceptors (Lipinski definition) is 2. The summed E-state index contributed by atoms with van der Waals surface area (Å²) in [7, 11) is 0. The Bertz CT molecular complexity index is 636. The van der Waals surface area contributed by atoms with Crippen LogP contribution in [0.3, 0.4) is 0 Å². The van der Waals surface area contributed by atoms with Crippen molar-refractivity contribution in [2.75, 3.05) is 6.54 Å². The van der Waals surface area contributed by atoms with Gasteiger partial charge in [-0.2, -0.15) is 0 Å². The molecule has 0 radical (unpaired) electrons. The topological polar surface area (TPSA) is 37.4 Å². The van der Waals surface area contributed by atoms with Crippen LogP contribution in [0.15, 0.2) is 59.9 Å². The molecular weight excluding hydrogens is 309 g/mol. The predicted octanol–water partition coefficient (Wildman–Crippen LogP) is 3.46. The molecule has 0 N–H and O–H groups in total. The van der Waals surface area contributed by atoms with Crippen molar-refractivity contribution < 1.29 is 9.59 Å². The van der Waals surface area contributed by atoms with Crippen LogP contribution in [0.2, 0.25) is 0 Å². The molecule has 1 unspecified atom stereocenters. The summed E-state index contributed by atoms with van der Waals surface area (Å²) in [5, 5.41) is 0. The Morgan fingerprint density at radius 2 is 1.96 bits per heavy atom. The second-order valence-electron chi connectivity index (χ2n) is 6.30. The second-order valence-corrected chi connectivity index (χ2v) is 6.30. The molecule has 1 aliphatic heterocycles. The minimum absolute atomic E-state index is 0. The van der Waals surface area contributed by atoms with Crippen molar-refractivity contribution in [3.05, 3.63) is 59.9 Å². The first kappa shape index (κ1) is 20.9. The molecule has 4 heteroatoms. The predicted molar refractivity (Wildman–Crippen MR) is 101 cm³/mol. The molecule has 0 spiro atoms. The Kier molecular flexibility index (Phi) is 8.14. The standard InChI is InChI=1S/C20H25NO2.Na.H/c1-5-7-15-13-18-16(17(8-6-2)20(15)23)9-10-19(22)21(18)12-11-14(3)4;;/h5-6,11,13,17H,1-2,7-10,12H2,3-4H3;;. The first-order chi connectivity index (χ1) is 11.0. The third-order valence-electron chi connectivity index (χ3n) is 4.34. The summed E-state index contributed by atoms with van der Waals surface area (Å²) in [4.78, 5) is 26.9. The molecule has 124 valence electrons. The molecule has 0 aromatic rings. The maximum absolute atomic E-state index is 12.7. The number of amides is 1. The fraction of sp³-hybridized carbons (Fsp3) is 0.400. The van der Waals surface area contributed by atoms with Gasteiger partial charge in [-0.05, 0) is 44.8 Å². The van der Waals surface area contributed by atoms with Gasteiger partial charge in [-0.3, -0.25) is 9.59 Å². The van der Waals surface area contributed by atoms with E-state index in [0.717, 1.165) is 16.8 Å². The quantitative estimate of drug-likeness (QED) is 0.551. The van der Waals surface area contributed by atoms with Crippen molar-refractivity contribution >= 4 is 41.2 Å². The molecule has 1 aliphatic carbocycles. The van der Waals surface area contributed by atoms with Crippen LogP contribution in [0.5, 0.6) is 0 Å². The van der Waals surface area contributed by atoms with E-state index in [0.29, 0.717) is 32.2 Å². The third-order valence-corrected chi connectivity index (χ3v) is 4.34. The third kappa shape index (κ3) is 4.47. The summed E-state index contributed by atoms with van der Waals surface area (Å²) in [6.45, 7) is 12.1. The van der Waals surface area contributed by atoms with Crippen LogP contribution in [0.1, 0.15) is 39.5 Å². The number of nitrogens with zero attached hydrogens (tertiary/aromatic N) is 1. The summed E-state index contributed by atoms with van der Waals surface area (Å²) in [5.41, 5.74) is 3.92. The number of hydrogen-bond donors (Lipinski definition) is 0. The van der Waals surface area contributed by atoms with Crippen LogP contribution in [-0.2, 0) is 9.59 Å². The van der Waals surface area contributed by atoms with Gasteiger partial charge < -0.3 is 4.90 Å². The Morgan fingerprint density at radius 3 is 2.54 bits per heavy atom. The van der Waals surface area contributed by atoms with Crippen LogP contribution < -0.4 is 0 Å². The zero-order chi connectivity index (χ0) is 17.0. The molecule has 24 heavy (non-hydrogen) atoms. The molecule has 2 rings (SSSR count). The zero-order valence-corrected chi connectivity index (χ0v) is 14.1. The van der Waals surface area contributed by atoms with E-state index in [4.69, 9.17) is 0 Å². The van der Waals surface area contributed by atoms with E-state index < -0.39 is 0 Å². The molecule has 0 aromatic heterocycles. The molecule has 0 fully saturated rings. The number of allylic oxidation sites excluding steroid dienone is 6. The van der Waals surface area contributed by atoms with Crippen molar-refractivity contribution in [1.29, 1.82) is 0 Å². The monoisotopic (exact) mass is 335 g/mol. The summed E-state index contributed by atoms with van der Waals surface area (Å²) >= 11 is 0. The fourth-order valence-corrected chi connectivity index (χ4v) is 3.16. The van der Waals surface area contributed by atoms with Gasteiger partial charge in [0.1, 0.15) is 0 Å². The van der Waals surface area contributed by atoms with Crippen LogP contribution in [0.25, 0.3) is 0 Å². The number of carbonyl (C=O) groups excluding carboxylic acids is 2. The van der Waals surface area contributed by atoms with Crippen LogP contribution in [0.4, 0.5) is 0 Å². The van der Waals surface area contributed by atoms with Gasteiger partial charge in [0.05, 0.1) is 0 Å². The Balaban J connectivity index is 0.00000288. The molecule has 0 saturated carbocycles. The van der Waals surface area contributed by atoms with Gasteiger partial charge in [-0.25, -0.2) is 0 Å². The average molecular weight is 335 g/mol. The molecular formula is C20H26NNaO2. The summed E-state index contributed by atoms with van der Waals surface area (Å²) in [6.07, 6.45) is 9.78. The van der Waals surface area contributed by atoms with E-state index >= 15 is 0 Å². The number of carbonyl (C=O) groups is 2. The molecule has 2 aliphatic rings. The van der Waals surface area contributed by atoms with E-state index in [1.54, 1.807) is 12.2 Å². The van der Waals surface area contributed by atoms with E-state index in [-0.39, 0.29) is 47.2 Å². The van der Waals surface area contributed by atoms with Crippen molar-refractivity contribution in [2.24, 2.45) is 5.92 Å². The van der Waals surface area contributed by atoms with E-state index in [1.165, 1.54) is 5.57 Å². The van der Waals surface area contributed by atoms with Gasteiger partial charge >= 0.3 is 29.6 Å².